The third-order valence-electron chi connectivity index (χ3n) is 3.72. The van der Waals surface area contributed by atoms with Gasteiger partial charge in [-0.15, -0.1) is 24.5 Å². The molecule has 130 valence electrons. The van der Waals surface area contributed by atoms with Crippen molar-refractivity contribution in [2.45, 2.75) is 30.1 Å². The van der Waals surface area contributed by atoms with Gasteiger partial charge in [0.2, 0.25) is 10.0 Å². The zero-order valence-corrected chi connectivity index (χ0v) is 14.0. The standard InChI is InChI=1S/C15H14F3NO3S2/c16-15(17,18)22-11-4-1-5-12(10-11)24(20,21)19-8-2-6-13(19)14-7-3-9-23-14/h1,3-5,7,9-10,13H,2,6,8H2/t13-/m1/s1. The smallest absolute Gasteiger partial charge is 0.406 e. The molecule has 0 bridgehead atoms. The first-order chi connectivity index (χ1) is 11.3. The number of alkyl halides is 3. The van der Waals surface area contributed by atoms with E-state index in [9.17, 15) is 21.6 Å². The van der Waals surface area contributed by atoms with Crippen molar-refractivity contribution in [3.05, 3.63) is 46.7 Å². The molecule has 0 aliphatic carbocycles. The Bertz CT molecular complexity index is 804. The minimum Gasteiger partial charge on any atom is -0.406 e. The van der Waals surface area contributed by atoms with Gasteiger partial charge in [0.05, 0.1) is 10.9 Å². The van der Waals surface area contributed by atoms with E-state index in [2.05, 4.69) is 4.74 Å². The van der Waals surface area contributed by atoms with Gasteiger partial charge in [-0.25, -0.2) is 8.42 Å². The zero-order valence-electron chi connectivity index (χ0n) is 12.4. The van der Waals surface area contributed by atoms with Crippen LogP contribution in [0.25, 0.3) is 0 Å². The summed E-state index contributed by atoms with van der Waals surface area (Å²) in [5, 5.41) is 1.87. The number of benzene rings is 1. The van der Waals surface area contributed by atoms with E-state index in [0.29, 0.717) is 19.4 Å². The molecule has 0 unspecified atom stereocenters. The van der Waals surface area contributed by atoms with Crippen molar-refractivity contribution in [2.24, 2.45) is 0 Å². The number of sulfonamides is 1. The molecular formula is C15H14F3NO3S2. The Balaban J connectivity index is 1.91. The van der Waals surface area contributed by atoms with Crippen molar-refractivity contribution in [2.75, 3.05) is 6.54 Å². The van der Waals surface area contributed by atoms with Crippen molar-refractivity contribution >= 4 is 21.4 Å². The van der Waals surface area contributed by atoms with E-state index in [1.54, 1.807) is 0 Å². The highest BCUT2D eigenvalue weighted by Gasteiger charge is 2.37. The zero-order chi connectivity index (χ0) is 17.4. The highest BCUT2D eigenvalue weighted by Crippen LogP contribution is 2.39. The predicted octanol–water partition coefficient (Wildman–Crippen LogP) is 4.17. The van der Waals surface area contributed by atoms with Gasteiger partial charge in [0.15, 0.2) is 0 Å². The largest absolute Gasteiger partial charge is 0.573 e. The van der Waals surface area contributed by atoms with E-state index in [-0.39, 0.29) is 10.9 Å². The first kappa shape index (κ1) is 17.2. The molecule has 1 aromatic heterocycles. The van der Waals surface area contributed by atoms with Crippen LogP contribution in [0, 0.1) is 0 Å². The molecule has 1 aliphatic rings. The van der Waals surface area contributed by atoms with Crippen LogP contribution in [-0.2, 0) is 10.0 Å². The lowest BCUT2D eigenvalue weighted by molar-refractivity contribution is -0.274. The highest BCUT2D eigenvalue weighted by atomic mass is 32.2. The summed E-state index contributed by atoms with van der Waals surface area (Å²) in [4.78, 5) is 0.728. The Kier molecular flexibility index (Phi) is 4.58. The molecule has 24 heavy (non-hydrogen) atoms. The molecule has 0 amide bonds. The van der Waals surface area contributed by atoms with Gasteiger partial charge < -0.3 is 4.74 Å². The molecule has 1 fully saturated rings. The van der Waals surface area contributed by atoms with E-state index in [0.717, 1.165) is 17.0 Å². The van der Waals surface area contributed by atoms with Crippen molar-refractivity contribution in [1.29, 1.82) is 0 Å². The van der Waals surface area contributed by atoms with Crippen LogP contribution in [0.3, 0.4) is 0 Å². The fourth-order valence-electron chi connectivity index (χ4n) is 2.76. The number of rotatable bonds is 4. The lowest BCUT2D eigenvalue weighted by Gasteiger charge is -2.23. The van der Waals surface area contributed by atoms with Gasteiger partial charge in [-0.2, -0.15) is 4.31 Å². The second-order valence-corrected chi connectivity index (χ2v) is 8.18. The Hall–Kier alpha value is -1.58. The molecular weight excluding hydrogens is 363 g/mol. The first-order valence-corrected chi connectivity index (χ1v) is 9.50. The van der Waals surface area contributed by atoms with Crippen LogP contribution in [0.2, 0.25) is 0 Å². The van der Waals surface area contributed by atoms with Gasteiger partial charge in [-0.05, 0) is 36.4 Å². The number of ether oxygens (including phenoxy) is 1. The topological polar surface area (TPSA) is 46.6 Å². The summed E-state index contributed by atoms with van der Waals surface area (Å²) in [6.07, 6.45) is -3.46. The molecule has 1 saturated heterocycles. The van der Waals surface area contributed by atoms with Gasteiger partial charge in [-0.3, -0.25) is 0 Å². The molecule has 1 atom stereocenters. The molecule has 2 heterocycles. The molecule has 1 aromatic carbocycles. The minimum absolute atomic E-state index is 0.201. The molecule has 0 radical (unpaired) electrons. The van der Waals surface area contributed by atoms with E-state index in [1.165, 1.54) is 27.8 Å². The van der Waals surface area contributed by atoms with Crippen LogP contribution in [0.5, 0.6) is 5.75 Å². The van der Waals surface area contributed by atoms with Crippen molar-refractivity contribution in [3.63, 3.8) is 0 Å². The molecule has 9 heteroatoms. The first-order valence-electron chi connectivity index (χ1n) is 7.18. The molecule has 0 spiro atoms. The summed E-state index contributed by atoms with van der Waals surface area (Å²) in [6.45, 7) is 0.343. The van der Waals surface area contributed by atoms with E-state index < -0.39 is 22.1 Å². The average molecular weight is 377 g/mol. The van der Waals surface area contributed by atoms with E-state index in [1.807, 2.05) is 17.5 Å². The third-order valence-corrected chi connectivity index (χ3v) is 6.60. The van der Waals surface area contributed by atoms with Gasteiger partial charge in [-0.1, -0.05) is 12.1 Å². The number of thiophene rings is 1. The summed E-state index contributed by atoms with van der Waals surface area (Å²) >= 11 is 1.47. The minimum atomic E-state index is -4.87. The molecule has 1 aliphatic heterocycles. The Morgan fingerprint density at radius 1 is 1.21 bits per heavy atom. The van der Waals surface area contributed by atoms with Crippen LogP contribution in [0.4, 0.5) is 13.2 Å². The van der Waals surface area contributed by atoms with Gasteiger partial charge >= 0.3 is 6.36 Å². The predicted molar refractivity (Wildman–Crippen MR) is 83.3 cm³/mol. The summed E-state index contributed by atoms with van der Waals surface area (Å²) in [5.74, 6) is -0.546. The SMILES string of the molecule is O=S(=O)(c1cccc(OC(F)(F)F)c1)N1CCC[C@@H]1c1cccs1. The number of halogens is 3. The molecule has 3 rings (SSSR count). The van der Waals surface area contributed by atoms with Gasteiger partial charge in [0.1, 0.15) is 5.75 Å². The number of hydrogen-bond acceptors (Lipinski definition) is 4. The molecule has 2 aromatic rings. The third kappa shape index (κ3) is 3.57. The number of hydrogen-bond donors (Lipinski definition) is 0. The quantitative estimate of drug-likeness (QED) is 0.803. The second-order valence-electron chi connectivity index (χ2n) is 5.31. The van der Waals surface area contributed by atoms with Crippen LogP contribution in [0.1, 0.15) is 23.8 Å². The summed E-state index contributed by atoms with van der Waals surface area (Å²) in [6, 6.07) is 7.95. The lowest BCUT2D eigenvalue weighted by Crippen LogP contribution is -2.30. The maximum Gasteiger partial charge on any atom is 0.573 e. The van der Waals surface area contributed by atoms with Crippen molar-refractivity contribution in [3.8, 4) is 5.75 Å². The van der Waals surface area contributed by atoms with Gasteiger partial charge in [0.25, 0.3) is 0 Å². The summed E-state index contributed by atoms with van der Waals surface area (Å²) in [7, 11) is -3.90. The van der Waals surface area contributed by atoms with E-state index in [4.69, 9.17) is 0 Å². The lowest BCUT2D eigenvalue weighted by atomic mass is 10.2. The molecule has 0 saturated carbocycles. The van der Waals surface area contributed by atoms with Crippen LogP contribution < -0.4 is 4.74 Å². The Labute approximate surface area is 141 Å². The summed E-state index contributed by atoms with van der Waals surface area (Å²) in [5.41, 5.74) is 0. The number of nitrogens with zero attached hydrogens (tertiary/aromatic N) is 1. The molecule has 0 N–H and O–H groups in total. The maximum atomic E-state index is 12.9. The average Bonchev–Trinajstić information content (AvgIpc) is 3.17. The Morgan fingerprint density at radius 3 is 2.67 bits per heavy atom. The fourth-order valence-corrected chi connectivity index (χ4v) is 5.41. The van der Waals surface area contributed by atoms with Gasteiger partial charge in [0, 0.05) is 17.5 Å². The summed E-state index contributed by atoms with van der Waals surface area (Å²) < 4.78 is 67.9. The monoisotopic (exact) mass is 377 g/mol. The normalized spacial score (nSPS) is 19.5. The second kappa shape index (κ2) is 6.38. The Morgan fingerprint density at radius 2 is 2.00 bits per heavy atom. The van der Waals surface area contributed by atoms with Crippen molar-refractivity contribution in [1.82, 2.24) is 4.31 Å². The van der Waals surface area contributed by atoms with E-state index >= 15 is 0 Å². The van der Waals surface area contributed by atoms with Crippen LogP contribution in [0.15, 0.2) is 46.7 Å². The van der Waals surface area contributed by atoms with Crippen LogP contribution in [-0.4, -0.2) is 25.6 Å². The fraction of sp³-hybridized carbons (Fsp3) is 0.333. The van der Waals surface area contributed by atoms with Crippen LogP contribution >= 0.6 is 11.3 Å². The van der Waals surface area contributed by atoms with Crippen molar-refractivity contribution < 1.29 is 26.3 Å². The molecule has 4 nitrogen and oxygen atoms in total. The maximum absolute atomic E-state index is 12.9. The highest BCUT2D eigenvalue weighted by molar-refractivity contribution is 7.89.